The maximum atomic E-state index is 13.5. The molecule has 2 nitrogen and oxygen atoms in total. The van der Waals surface area contributed by atoms with Crippen LogP contribution in [0.5, 0.6) is 5.75 Å². The standard InChI is InChI=1S/C17H22FNO/c1-2-13-5-7-16(8-6-13)20-17-11-14(4-3-9-19)10-15(18)12-17/h10-13,16H,2,5-9,19H2,1H3. The van der Waals surface area contributed by atoms with Crippen LogP contribution in [0.4, 0.5) is 4.39 Å². The van der Waals surface area contributed by atoms with Gasteiger partial charge in [-0.2, -0.15) is 0 Å². The van der Waals surface area contributed by atoms with E-state index in [-0.39, 0.29) is 18.5 Å². The van der Waals surface area contributed by atoms with Gasteiger partial charge in [-0.3, -0.25) is 0 Å². The number of benzene rings is 1. The Morgan fingerprint density at radius 3 is 2.65 bits per heavy atom. The molecule has 0 atom stereocenters. The highest BCUT2D eigenvalue weighted by molar-refractivity contribution is 5.40. The van der Waals surface area contributed by atoms with Gasteiger partial charge in [-0.1, -0.05) is 25.2 Å². The maximum absolute atomic E-state index is 13.5. The van der Waals surface area contributed by atoms with Gasteiger partial charge in [-0.05, 0) is 43.7 Å². The van der Waals surface area contributed by atoms with E-state index in [1.807, 2.05) is 0 Å². The second-order valence-electron chi connectivity index (χ2n) is 5.35. The van der Waals surface area contributed by atoms with Gasteiger partial charge < -0.3 is 10.5 Å². The third-order valence-corrected chi connectivity index (χ3v) is 3.88. The lowest BCUT2D eigenvalue weighted by atomic mass is 9.86. The molecule has 0 heterocycles. The van der Waals surface area contributed by atoms with Gasteiger partial charge in [-0.25, -0.2) is 4.39 Å². The Labute approximate surface area is 120 Å². The zero-order valence-corrected chi connectivity index (χ0v) is 12.0. The molecule has 1 aliphatic rings. The quantitative estimate of drug-likeness (QED) is 0.857. The third kappa shape index (κ3) is 4.25. The summed E-state index contributed by atoms with van der Waals surface area (Å²) >= 11 is 0. The Kier molecular flexibility index (Phi) is 5.43. The van der Waals surface area contributed by atoms with E-state index in [1.54, 1.807) is 6.07 Å². The van der Waals surface area contributed by atoms with Crippen LogP contribution in [-0.4, -0.2) is 12.6 Å². The van der Waals surface area contributed by atoms with Gasteiger partial charge in [0.05, 0.1) is 12.6 Å². The summed E-state index contributed by atoms with van der Waals surface area (Å²) in [5.74, 6) is 6.66. The van der Waals surface area contributed by atoms with Crippen LogP contribution in [0.1, 0.15) is 44.6 Å². The smallest absolute Gasteiger partial charge is 0.128 e. The summed E-state index contributed by atoms with van der Waals surface area (Å²) in [6.07, 6.45) is 5.96. The van der Waals surface area contributed by atoms with Crippen LogP contribution in [-0.2, 0) is 0 Å². The summed E-state index contributed by atoms with van der Waals surface area (Å²) in [7, 11) is 0. The lowest BCUT2D eigenvalue weighted by molar-refractivity contribution is 0.129. The SMILES string of the molecule is CCC1CCC(Oc2cc(F)cc(C#CCN)c2)CC1. The highest BCUT2D eigenvalue weighted by Gasteiger charge is 2.21. The molecule has 0 bridgehead atoms. The first-order chi connectivity index (χ1) is 9.71. The lowest BCUT2D eigenvalue weighted by Gasteiger charge is -2.28. The number of hydrogen-bond donors (Lipinski definition) is 1. The normalized spacial score (nSPS) is 21.9. The molecule has 1 fully saturated rings. The van der Waals surface area contributed by atoms with E-state index in [0.29, 0.717) is 11.3 Å². The molecule has 0 amide bonds. The van der Waals surface area contributed by atoms with Crippen LogP contribution in [0.15, 0.2) is 18.2 Å². The Balaban J connectivity index is 2.00. The van der Waals surface area contributed by atoms with E-state index >= 15 is 0 Å². The fraction of sp³-hybridized carbons (Fsp3) is 0.529. The van der Waals surface area contributed by atoms with E-state index in [1.165, 1.54) is 31.4 Å². The molecular formula is C17H22FNO. The summed E-state index contributed by atoms with van der Waals surface area (Å²) < 4.78 is 19.5. The van der Waals surface area contributed by atoms with Crippen LogP contribution < -0.4 is 10.5 Å². The number of halogens is 1. The molecule has 0 aliphatic heterocycles. The monoisotopic (exact) mass is 275 g/mol. The molecule has 0 unspecified atom stereocenters. The summed E-state index contributed by atoms with van der Waals surface area (Å²) in [5.41, 5.74) is 5.95. The van der Waals surface area contributed by atoms with Gasteiger partial charge in [-0.15, -0.1) is 0 Å². The van der Waals surface area contributed by atoms with Crippen LogP contribution in [0.2, 0.25) is 0 Å². The minimum Gasteiger partial charge on any atom is -0.490 e. The van der Waals surface area contributed by atoms with Crippen LogP contribution >= 0.6 is 0 Å². The van der Waals surface area contributed by atoms with Crippen LogP contribution in [0, 0.1) is 23.6 Å². The van der Waals surface area contributed by atoms with Crippen molar-refractivity contribution in [1.82, 2.24) is 0 Å². The molecular weight excluding hydrogens is 253 g/mol. The van der Waals surface area contributed by atoms with Gasteiger partial charge >= 0.3 is 0 Å². The van der Waals surface area contributed by atoms with Crippen molar-refractivity contribution in [2.75, 3.05) is 6.54 Å². The van der Waals surface area contributed by atoms with Crippen molar-refractivity contribution in [3.05, 3.63) is 29.6 Å². The molecule has 0 saturated heterocycles. The van der Waals surface area contributed by atoms with Gasteiger partial charge in [0.25, 0.3) is 0 Å². The first kappa shape index (κ1) is 14.9. The predicted molar refractivity (Wildman–Crippen MR) is 79.0 cm³/mol. The van der Waals surface area contributed by atoms with Crippen molar-refractivity contribution in [2.45, 2.75) is 45.1 Å². The number of hydrogen-bond acceptors (Lipinski definition) is 2. The first-order valence-electron chi connectivity index (χ1n) is 7.37. The van der Waals surface area contributed by atoms with E-state index in [4.69, 9.17) is 10.5 Å². The molecule has 2 N–H and O–H groups in total. The van der Waals surface area contributed by atoms with Crippen molar-refractivity contribution < 1.29 is 9.13 Å². The highest BCUT2D eigenvalue weighted by atomic mass is 19.1. The molecule has 1 aliphatic carbocycles. The minimum atomic E-state index is -0.314. The van der Waals surface area contributed by atoms with E-state index in [0.717, 1.165) is 18.8 Å². The van der Waals surface area contributed by atoms with Gasteiger partial charge in [0.2, 0.25) is 0 Å². The average Bonchev–Trinajstić information content (AvgIpc) is 2.45. The molecule has 1 saturated carbocycles. The maximum Gasteiger partial charge on any atom is 0.128 e. The van der Waals surface area contributed by atoms with Crippen molar-refractivity contribution in [2.24, 2.45) is 11.7 Å². The summed E-state index contributed by atoms with van der Waals surface area (Å²) in [6.45, 7) is 2.51. The zero-order valence-electron chi connectivity index (χ0n) is 12.0. The van der Waals surface area contributed by atoms with Gasteiger partial charge in [0.15, 0.2) is 0 Å². The molecule has 2 rings (SSSR count). The fourth-order valence-corrected chi connectivity index (χ4v) is 2.71. The van der Waals surface area contributed by atoms with E-state index < -0.39 is 0 Å². The molecule has 0 radical (unpaired) electrons. The lowest BCUT2D eigenvalue weighted by Crippen LogP contribution is -2.23. The number of ether oxygens (including phenoxy) is 1. The van der Waals surface area contributed by atoms with Crippen molar-refractivity contribution in [1.29, 1.82) is 0 Å². The summed E-state index contributed by atoms with van der Waals surface area (Å²) in [5, 5.41) is 0. The van der Waals surface area contributed by atoms with Crippen molar-refractivity contribution in [3.8, 4) is 17.6 Å². The highest BCUT2D eigenvalue weighted by Crippen LogP contribution is 2.29. The second-order valence-corrected chi connectivity index (χ2v) is 5.35. The molecule has 20 heavy (non-hydrogen) atoms. The Morgan fingerprint density at radius 1 is 1.25 bits per heavy atom. The fourth-order valence-electron chi connectivity index (χ4n) is 2.71. The Hall–Kier alpha value is -1.53. The Morgan fingerprint density at radius 2 is 2.00 bits per heavy atom. The molecule has 1 aromatic rings. The summed E-state index contributed by atoms with van der Waals surface area (Å²) in [4.78, 5) is 0. The van der Waals surface area contributed by atoms with Crippen molar-refractivity contribution in [3.63, 3.8) is 0 Å². The van der Waals surface area contributed by atoms with Crippen LogP contribution in [0.3, 0.4) is 0 Å². The largest absolute Gasteiger partial charge is 0.490 e. The summed E-state index contributed by atoms with van der Waals surface area (Å²) in [6, 6.07) is 4.63. The third-order valence-electron chi connectivity index (χ3n) is 3.88. The topological polar surface area (TPSA) is 35.2 Å². The van der Waals surface area contributed by atoms with Crippen LogP contribution in [0.25, 0.3) is 0 Å². The minimum absolute atomic E-state index is 0.204. The molecule has 1 aromatic carbocycles. The molecule has 0 spiro atoms. The van der Waals surface area contributed by atoms with Crippen molar-refractivity contribution >= 4 is 0 Å². The number of nitrogens with two attached hydrogens (primary N) is 1. The molecule has 108 valence electrons. The number of rotatable bonds is 3. The molecule has 0 aromatic heterocycles. The molecule has 3 heteroatoms. The average molecular weight is 275 g/mol. The Bertz CT molecular complexity index is 495. The zero-order chi connectivity index (χ0) is 14.4. The van der Waals surface area contributed by atoms with Gasteiger partial charge in [0.1, 0.15) is 11.6 Å². The predicted octanol–water partition coefficient (Wildman–Crippen LogP) is 3.48. The first-order valence-corrected chi connectivity index (χ1v) is 7.37. The van der Waals surface area contributed by atoms with E-state index in [9.17, 15) is 4.39 Å². The van der Waals surface area contributed by atoms with E-state index in [2.05, 4.69) is 18.8 Å². The second kappa shape index (κ2) is 7.31. The van der Waals surface area contributed by atoms with Gasteiger partial charge in [0, 0.05) is 11.6 Å².